The van der Waals surface area contributed by atoms with Crippen LogP contribution in [-0.4, -0.2) is 34.8 Å². The minimum atomic E-state index is -0.304. The van der Waals surface area contributed by atoms with Crippen LogP contribution in [0.25, 0.3) is 22.4 Å². The molecule has 2 aromatic heterocycles. The average molecular weight is 448 g/mol. The van der Waals surface area contributed by atoms with Crippen LogP contribution in [0.2, 0.25) is 0 Å². The smallest absolute Gasteiger partial charge is 0.266 e. The van der Waals surface area contributed by atoms with Crippen LogP contribution in [0, 0.1) is 6.92 Å². The Morgan fingerprint density at radius 1 is 1.12 bits per heavy atom. The van der Waals surface area contributed by atoms with Crippen molar-refractivity contribution >= 4 is 17.0 Å². The van der Waals surface area contributed by atoms with Crippen LogP contribution < -0.4 is 20.3 Å². The molecule has 1 amide bonds. The van der Waals surface area contributed by atoms with Crippen LogP contribution >= 0.6 is 0 Å². The van der Waals surface area contributed by atoms with Gasteiger partial charge in [-0.25, -0.2) is 4.98 Å². The van der Waals surface area contributed by atoms with Crippen molar-refractivity contribution < 1.29 is 18.8 Å². The molecule has 0 spiro atoms. The number of aromatic nitrogens is 3. The van der Waals surface area contributed by atoms with Crippen LogP contribution in [0.3, 0.4) is 0 Å². The lowest BCUT2D eigenvalue weighted by atomic mass is 10.1. The largest absolute Gasteiger partial charge is 0.497 e. The minimum absolute atomic E-state index is 0.108. The molecule has 0 fully saturated rings. The monoisotopic (exact) mass is 448 g/mol. The summed E-state index contributed by atoms with van der Waals surface area (Å²) in [6, 6.07) is 13.0. The van der Waals surface area contributed by atoms with Gasteiger partial charge in [-0.2, -0.15) is 0 Å². The molecule has 2 aromatic carbocycles. The SMILES string of the molecule is COc1ccc(CNC(=O)CCn2cnc3onc(-c4ccc(C)cc4)c3c2=O)c(OC)c1. The van der Waals surface area contributed by atoms with Crippen molar-refractivity contribution in [3.8, 4) is 22.8 Å². The first-order valence-electron chi connectivity index (χ1n) is 10.4. The Morgan fingerprint density at radius 3 is 2.64 bits per heavy atom. The molecule has 0 aliphatic heterocycles. The lowest BCUT2D eigenvalue weighted by molar-refractivity contribution is -0.121. The highest BCUT2D eigenvalue weighted by Crippen LogP contribution is 2.25. The normalized spacial score (nSPS) is 10.9. The molecule has 33 heavy (non-hydrogen) atoms. The number of benzene rings is 2. The third-order valence-electron chi connectivity index (χ3n) is 5.34. The maximum Gasteiger partial charge on any atom is 0.266 e. The summed E-state index contributed by atoms with van der Waals surface area (Å²) in [5.41, 5.74) is 2.99. The molecule has 0 radical (unpaired) electrons. The standard InChI is InChI=1S/C24H24N4O5/c1-15-4-6-16(7-5-15)22-21-23(33-27-22)26-14-28(24(21)30)11-10-20(29)25-13-17-8-9-18(31-2)12-19(17)32-3/h4-9,12,14H,10-11,13H2,1-3H3,(H,25,29). The molecule has 0 saturated heterocycles. The van der Waals surface area contributed by atoms with Crippen molar-refractivity contribution in [1.29, 1.82) is 0 Å². The molecule has 0 bridgehead atoms. The number of nitrogens with zero attached hydrogens (tertiary/aromatic N) is 3. The van der Waals surface area contributed by atoms with Gasteiger partial charge in [0.2, 0.25) is 5.91 Å². The fourth-order valence-electron chi connectivity index (χ4n) is 3.45. The van der Waals surface area contributed by atoms with Crippen molar-refractivity contribution in [2.45, 2.75) is 26.4 Å². The number of carbonyl (C=O) groups excluding carboxylic acids is 1. The van der Waals surface area contributed by atoms with Crippen LogP contribution in [0.4, 0.5) is 0 Å². The van der Waals surface area contributed by atoms with Crippen molar-refractivity contribution in [3.05, 3.63) is 70.3 Å². The lowest BCUT2D eigenvalue weighted by Crippen LogP contribution is -2.27. The van der Waals surface area contributed by atoms with E-state index in [0.29, 0.717) is 29.1 Å². The summed E-state index contributed by atoms with van der Waals surface area (Å²) in [4.78, 5) is 29.7. The third-order valence-corrected chi connectivity index (χ3v) is 5.34. The first kappa shape index (κ1) is 22.1. The van der Waals surface area contributed by atoms with E-state index in [9.17, 15) is 9.59 Å². The molecule has 0 aliphatic carbocycles. The molecule has 0 aliphatic rings. The van der Waals surface area contributed by atoms with Gasteiger partial charge in [0.1, 0.15) is 28.9 Å². The van der Waals surface area contributed by atoms with Gasteiger partial charge in [0.05, 0.1) is 14.2 Å². The summed E-state index contributed by atoms with van der Waals surface area (Å²) in [5, 5.41) is 7.18. The maximum absolute atomic E-state index is 13.0. The second-order valence-corrected chi connectivity index (χ2v) is 7.52. The second-order valence-electron chi connectivity index (χ2n) is 7.52. The number of methoxy groups -OCH3 is 2. The average Bonchev–Trinajstić information content (AvgIpc) is 3.27. The fourth-order valence-corrected chi connectivity index (χ4v) is 3.45. The van der Waals surface area contributed by atoms with Crippen molar-refractivity contribution in [3.63, 3.8) is 0 Å². The van der Waals surface area contributed by atoms with Crippen LogP contribution in [0.15, 0.2) is 58.1 Å². The molecule has 9 nitrogen and oxygen atoms in total. The quantitative estimate of drug-likeness (QED) is 0.441. The number of rotatable bonds is 8. The molecule has 0 atom stereocenters. The van der Waals surface area contributed by atoms with Gasteiger partial charge in [-0.05, 0) is 19.1 Å². The fraction of sp³-hybridized carbons (Fsp3) is 0.250. The summed E-state index contributed by atoms with van der Waals surface area (Å²) in [7, 11) is 3.14. The Labute approximate surface area is 189 Å². The molecule has 170 valence electrons. The number of fused-ring (bicyclic) bond motifs is 1. The van der Waals surface area contributed by atoms with E-state index >= 15 is 0 Å². The highest BCUT2D eigenvalue weighted by atomic mass is 16.5. The third kappa shape index (κ3) is 4.72. The topological polar surface area (TPSA) is 108 Å². The molecule has 2 heterocycles. The van der Waals surface area contributed by atoms with E-state index in [1.54, 1.807) is 26.4 Å². The molecular formula is C24H24N4O5. The first-order valence-corrected chi connectivity index (χ1v) is 10.4. The predicted octanol–water partition coefficient (Wildman–Crippen LogP) is 3.08. The van der Waals surface area contributed by atoms with Crippen molar-refractivity contribution in [2.24, 2.45) is 0 Å². The Balaban J connectivity index is 1.46. The number of hydrogen-bond acceptors (Lipinski definition) is 7. The Morgan fingerprint density at radius 2 is 1.91 bits per heavy atom. The van der Waals surface area contributed by atoms with E-state index in [2.05, 4.69) is 15.5 Å². The van der Waals surface area contributed by atoms with Gasteiger partial charge in [0.15, 0.2) is 0 Å². The summed E-state index contributed by atoms with van der Waals surface area (Å²) in [6.45, 7) is 2.45. The Kier molecular flexibility index (Phi) is 6.39. The zero-order valence-electron chi connectivity index (χ0n) is 18.6. The molecule has 0 saturated carbocycles. The van der Waals surface area contributed by atoms with E-state index in [1.165, 1.54) is 10.9 Å². The first-order chi connectivity index (χ1) is 16.0. The molecular weight excluding hydrogens is 424 g/mol. The van der Waals surface area contributed by atoms with E-state index in [-0.39, 0.29) is 30.1 Å². The maximum atomic E-state index is 13.0. The van der Waals surface area contributed by atoms with Crippen molar-refractivity contribution in [1.82, 2.24) is 20.0 Å². The van der Waals surface area contributed by atoms with Crippen molar-refractivity contribution in [2.75, 3.05) is 14.2 Å². The Hall–Kier alpha value is -4.14. The van der Waals surface area contributed by atoms with Gasteiger partial charge in [-0.15, -0.1) is 0 Å². The van der Waals surface area contributed by atoms with Crippen LogP contribution in [0.5, 0.6) is 11.5 Å². The summed E-state index contributed by atoms with van der Waals surface area (Å²) < 4.78 is 17.2. The molecule has 4 aromatic rings. The van der Waals surface area contributed by atoms with Gasteiger partial charge in [0.25, 0.3) is 11.3 Å². The number of nitrogens with one attached hydrogen (secondary N) is 1. The van der Waals surface area contributed by atoms with E-state index < -0.39 is 0 Å². The summed E-state index contributed by atoms with van der Waals surface area (Å²) >= 11 is 0. The number of hydrogen-bond donors (Lipinski definition) is 1. The van der Waals surface area contributed by atoms with Gasteiger partial charge in [-0.1, -0.05) is 35.0 Å². The zero-order valence-corrected chi connectivity index (χ0v) is 18.6. The highest BCUT2D eigenvalue weighted by Gasteiger charge is 2.17. The van der Waals surface area contributed by atoms with E-state index in [1.807, 2.05) is 37.3 Å². The molecule has 4 rings (SSSR count). The summed E-state index contributed by atoms with van der Waals surface area (Å²) in [6.07, 6.45) is 1.48. The molecule has 1 N–H and O–H groups in total. The predicted molar refractivity (Wildman–Crippen MR) is 122 cm³/mol. The second kappa shape index (κ2) is 9.56. The van der Waals surface area contributed by atoms with Gasteiger partial charge in [-0.3, -0.25) is 14.2 Å². The van der Waals surface area contributed by atoms with Crippen LogP contribution in [0.1, 0.15) is 17.5 Å². The van der Waals surface area contributed by atoms with Crippen LogP contribution in [-0.2, 0) is 17.9 Å². The van der Waals surface area contributed by atoms with E-state index in [4.69, 9.17) is 14.0 Å². The highest BCUT2D eigenvalue weighted by molar-refractivity contribution is 5.88. The van der Waals surface area contributed by atoms with Gasteiger partial charge >= 0.3 is 0 Å². The Bertz CT molecular complexity index is 1340. The number of aryl methyl sites for hydroxylation is 2. The number of amides is 1. The molecule has 0 unspecified atom stereocenters. The minimum Gasteiger partial charge on any atom is -0.497 e. The van der Waals surface area contributed by atoms with Gasteiger partial charge in [0, 0.05) is 36.7 Å². The molecule has 9 heteroatoms. The lowest BCUT2D eigenvalue weighted by Gasteiger charge is -2.11. The zero-order chi connectivity index (χ0) is 23.4. The van der Waals surface area contributed by atoms with Gasteiger partial charge < -0.3 is 19.3 Å². The number of ether oxygens (including phenoxy) is 2. The van der Waals surface area contributed by atoms with E-state index in [0.717, 1.165) is 16.7 Å². The number of carbonyl (C=O) groups is 1. The summed E-state index contributed by atoms with van der Waals surface area (Å²) in [5.74, 6) is 1.09.